The van der Waals surface area contributed by atoms with Gasteiger partial charge in [0.15, 0.2) is 0 Å². The van der Waals surface area contributed by atoms with Crippen LogP contribution in [-0.2, 0) is 4.79 Å². The van der Waals surface area contributed by atoms with Crippen molar-refractivity contribution in [2.45, 2.75) is 6.42 Å². The fraction of sp³-hybridized carbons (Fsp3) is 0.0667. The van der Waals surface area contributed by atoms with Crippen LogP contribution >= 0.6 is 0 Å². The number of hydrogen-bond donors (Lipinski definition) is 2. The van der Waals surface area contributed by atoms with Gasteiger partial charge in [0.25, 0.3) is 0 Å². The van der Waals surface area contributed by atoms with Crippen LogP contribution in [0.5, 0.6) is 0 Å². The average molecular weight is 255 g/mol. The van der Waals surface area contributed by atoms with Crippen LogP contribution in [0, 0.1) is 0 Å². The number of fused-ring (bicyclic) bond motifs is 1. The van der Waals surface area contributed by atoms with E-state index in [1.54, 1.807) is 12.1 Å². The molecule has 19 heavy (non-hydrogen) atoms. The summed E-state index contributed by atoms with van der Waals surface area (Å²) in [7, 11) is 0. The molecule has 0 saturated carbocycles. The Morgan fingerprint density at radius 1 is 1.21 bits per heavy atom. The Balaban J connectivity index is 2.50. The second-order valence-corrected chi connectivity index (χ2v) is 4.09. The SMILES string of the molecule is C=CCC(=O)Nc1cc2ccccc2cc1C(=O)O. The van der Waals surface area contributed by atoms with Crippen molar-refractivity contribution in [1.82, 2.24) is 0 Å². The van der Waals surface area contributed by atoms with E-state index in [0.29, 0.717) is 5.69 Å². The number of aromatic carboxylic acids is 1. The summed E-state index contributed by atoms with van der Waals surface area (Å²) >= 11 is 0. The summed E-state index contributed by atoms with van der Waals surface area (Å²) in [5.74, 6) is -1.35. The summed E-state index contributed by atoms with van der Waals surface area (Å²) in [5, 5.41) is 13.5. The van der Waals surface area contributed by atoms with E-state index in [1.165, 1.54) is 6.08 Å². The molecule has 4 nitrogen and oxygen atoms in total. The maximum atomic E-state index is 11.5. The van der Waals surface area contributed by atoms with E-state index in [-0.39, 0.29) is 17.9 Å². The largest absolute Gasteiger partial charge is 0.478 e. The maximum absolute atomic E-state index is 11.5. The zero-order chi connectivity index (χ0) is 13.8. The molecule has 0 aliphatic heterocycles. The molecule has 0 saturated heterocycles. The number of rotatable bonds is 4. The molecule has 1 amide bonds. The smallest absolute Gasteiger partial charge is 0.337 e. The van der Waals surface area contributed by atoms with Crippen LogP contribution in [-0.4, -0.2) is 17.0 Å². The van der Waals surface area contributed by atoms with Crippen molar-refractivity contribution in [3.05, 3.63) is 54.6 Å². The highest BCUT2D eigenvalue weighted by Gasteiger charge is 2.13. The lowest BCUT2D eigenvalue weighted by atomic mass is 10.0. The normalized spacial score (nSPS) is 10.1. The van der Waals surface area contributed by atoms with Crippen LogP contribution in [0.25, 0.3) is 10.8 Å². The van der Waals surface area contributed by atoms with Gasteiger partial charge in [-0.2, -0.15) is 0 Å². The zero-order valence-electron chi connectivity index (χ0n) is 10.2. The molecular weight excluding hydrogens is 242 g/mol. The molecule has 0 aliphatic rings. The molecule has 2 rings (SSSR count). The third kappa shape index (κ3) is 2.80. The minimum atomic E-state index is -1.07. The van der Waals surface area contributed by atoms with Crippen molar-refractivity contribution in [2.24, 2.45) is 0 Å². The highest BCUT2D eigenvalue weighted by Crippen LogP contribution is 2.24. The summed E-state index contributed by atoms with van der Waals surface area (Å²) in [6, 6.07) is 10.6. The van der Waals surface area contributed by atoms with Gasteiger partial charge in [-0.25, -0.2) is 4.79 Å². The number of carboxylic acid groups (broad SMARTS) is 1. The molecule has 2 aromatic carbocycles. The first-order valence-corrected chi connectivity index (χ1v) is 5.78. The van der Waals surface area contributed by atoms with E-state index >= 15 is 0 Å². The molecule has 0 spiro atoms. The predicted molar refractivity (Wildman–Crippen MR) is 74.4 cm³/mol. The molecule has 2 N–H and O–H groups in total. The second kappa shape index (κ2) is 5.35. The van der Waals surface area contributed by atoms with Gasteiger partial charge in [-0.15, -0.1) is 6.58 Å². The first kappa shape index (κ1) is 12.8. The third-order valence-electron chi connectivity index (χ3n) is 2.72. The number of hydrogen-bond acceptors (Lipinski definition) is 2. The Bertz CT molecular complexity index is 661. The van der Waals surface area contributed by atoms with Gasteiger partial charge < -0.3 is 10.4 Å². The van der Waals surface area contributed by atoms with Crippen molar-refractivity contribution in [2.75, 3.05) is 5.32 Å². The second-order valence-electron chi connectivity index (χ2n) is 4.09. The van der Waals surface area contributed by atoms with Gasteiger partial charge in [-0.1, -0.05) is 30.3 Å². The Labute approximate surface area is 110 Å². The van der Waals surface area contributed by atoms with Gasteiger partial charge in [0, 0.05) is 6.42 Å². The molecule has 4 heteroatoms. The Morgan fingerprint density at radius 2 is 1.84 bits per heavy atom. The third-order valence-corrected chi connectivity index (χ3v) is 2.72. The van der Waals surface area contributed by atoms with Crippen LogP contribution < -0.4 is 5.32 Å². The molecular formula is C15H13NO3. The average Bonchev–Trinajstić information content (AvgIpc) is 2.38. The molecule has 0 atom stereocenters. The van der Waals surface area contributed by atoms with E-state index in [4.69, 9.17) is 0 Å². The van der Waals surface area contributed by atoms with Crippen LogP contribution in [0.2, 0.25) is 0 Å². The van der Waals surface area contributed by atoms with E-state index < -0.39 is 5.97 Å². The predicted octanol–water partition coefficient (Wildman–Crippen LogP) is 3.05. The van der Waals surface area contributed by atoms with Crippen molar-refractivity contribution in [1.29, 1.82) is 0 Å². The number of nitrogens with one attached hydrogen (secondary N) is 1. The molecule has 0 radical (unpaired) electrons. The summed E-state index contributed by atoms with van der Waals surface area (Å²) in [5.41, 5.74) is 0.383. The molecule has 0 aliphatic carbocycles. The maximum Gasteiger partial charge on any atom is 0.337 e. The minimum absolute atomic E-state index is 0.0797. The van der Waals surface area contributed by atoms with E-state index in [0.717, 1.165) is 10.8 Å². The summed E-state index contributed by atoms with van der Waals surface area (Å²) < 4.78 is 0. The van der Waals surface area contributed by atoms with Crippen molar-refractivity contribution in [3.63, 3.8) is 0 Å². The number of anilines is 1. The lowest BCUT2D eigenvalue weighted by molar-refractivity contribution is -0.115. The Kier molecular flexibility index (Phi) is 3.61. The van der Waals surface area contributed by atoms with Gasteiger partial charge in [0.2, 0.25) is 5.91 Å². The highest BCUT2D eigenvalue weighted by molar-refractivity contribution is 6.05. The topological polar surface area (TPSA) is 66.4 Å². The number of benzene rings is 2. The summed E-state index contributed by atoms with van der Waals surface area (Å²) in [4.78, 5) is 22.8. The number of carboxylic acids is 1. The molecule has 96 valence electrons. The van der Waals surface area contributed by atoms with Gasteiger partial charge in [0.1, 0.15) is 0 Å². The first-order chi connectivity index (χ1) is 9.11. The fourth-order valence-electron chi connectivity index (χ4n) is 1.85. The molecule has 0 heterocycles. The van der Waals surface area contributed by atoms with Crippen molar-refractivity contribution in [3.8, 4) is 0 Å². The summed E-state index contributed by atoms with van der Waals surface area (Å²) in [6.07, 6.45) is 1.61. The molecule has 2 aromatic rings. The zero-order valence-corrected chi connectivity index (χ0v) is 10.2. The van der Waals surface area contributed by atoms with E-state index in [9.17, 15) is 14.7 Å². The molecule has 0 fully saturated rings. The fourth-order valence-corrected chi connectivity index (χ4v) is 1.85. The number of amides is 1. The molecule has 0 aromatic heterocycles. The first-order valence-electron chi connectivity index (χ1n) is 5.78. The van der Waals surface area contributed by atoms with Crippen LogP contribution in [0.15, 0.2) is 49.1 Å². The lowest BCUT2D eigenvalue weighted by Crippen LogP contribution is -2.13. The lowest BCUT2D eigenvalue weighted by Gasteiger charge is -2.09. The van der Waals surface area contributed by atoms with Gasteiger partial charge in [-0.3, -0.25) is 4.79 Å². The van der Waals surface area contributed by atoms with Gasteiger partial charge >= 0.3 is 5.97 Å². The van der Waals surface area contributed by atoms with Crippen LogP contribution in [0.3, 0.4) is 0 Å². The molecule has 0 unspecified atom stereocenters. The minimum Gasteiger partial charge on any atom is -0.478 e. The van der Waals surface area contributed by atoms with Crippen LogP contribution in [0.1, 0.15) is 16.8 Å². The Morgan fingerprint density at radius 3 is 2.42 bits per heavy atom. The molecule has 0 bridgehead atoms. The highest BCUT2D eigenvalue weighted by atomic mass is 16.4. The monoisotopic (exact) mass is 255 g/mol. The van der Waals surface area contributed by atoms with E-state index in [1.807, 2.05) is 24.3 Å². The summed E-state index contributed by atoms with van der Waals surface area (Å²) in [6.45, 7) is 3.47. The van der Waals surface area contributed by atoms with Gasteiger partial charge in [-0.05, 0) is 22.9 Å². The Hall–Kier alpha value is -2.62. The number of carbonyl (C=O) groups excluding carboxylic acids is 1. The van der Waals surface area contributed by atoms with Gasteiger partial charge in [0.05, 0.1) is 11.3 Å². The quantitative estimate of drug-likeness (QED) is 0.825. The van der Waals surface area contributed by atoms with E-state index in [2.05, 4.69) is 11.9 Å². The standard InChI is InChI=1S/C15H13NO3/c1-2-5-14(17)16-13-9-11-7-4-3-6-10(11)8-12(13)15(18)19/h2-4,6-9H,1,5H2,(H,16,17)(H,18,19). The van der Waals surface area contributed by atoms with Crippen LogP contribution in [0.4, 0.5) is 5.69 Å². The number of carbonyl (C=O) groups is 2. The van der Waals surface area contributed by atoms with Crippen molar-refractivity contribution < 1.29 is 14.7 Å². The van der Waals surface area contributed by atoms with Crippen molar-refractivity contribution >= 4 is 28.3 Å².